The second-order valence-corrected chi connectivity index (χ2v) is 6.83. The van der Waals surface area contributed by atoms with Gasteiger partial charge in [-0.25, -0.2) is 4.98 Å². The molecule has 3 aromatic rings. The third-order valence-electron chi connectivity index (χ3n) is 4.23. The summed E-state index contributed by atoms with van der Waals surface area (Å²) in [6, 6.07) is 16.9. The van der Waals surface area contributed by atoms with Crippen LogP contribution in [-0.2, 0) is 6.42 Å². The van der Waals surface area contributed by atoms with E-state index in [1.165, 1.54) is 0 Å². The van der Waals surface area contributed by atoms with Crippen LogP contribution in [0.1, 0.15) is 21.6 Å². The minimum Gasteiger partial charge on any atom is -0.495 e. The molecule has 2 aromatic carbocycles. The fourth-order valence-electron chi connectivity index (χ4n) is 2.78. The van der Waals surface area contributed by atoms with E-state index in [1.54, 1.807) is 19.4 Å². The highest BCUT2D eigenvalue weighted by Crippen LogP contribution is 2.25. The molecule has 2 N–H and O–H groups in total. The maximum atomic E-state index is 12.5. The van der Waals surface area contributed by atoms with Gasteiger partial charge in [-0.1, -0.05) is 29.8 Å². The predicted octanol–water partition coefficient (Wildman–Crippen LogP) is 4.96. The molecule has 0 bridgehead atoms. The maximum absolute atomic E-state index is 12.5. The van der Waals surface area contributed by atoms with Crippen LogP contribution in [0, 0.1) is 6.92 Å². The molecule has 1 heterocycles. The van der Waals surface area contributed by atoms with Crippen LogP contribution in [0.2, 0.25) is 5.02 Å². The molecule has 5 nitrogen and oxygen atoms in total. The molecule has 0 spiro atoms. The quantitative estimate of drug-likeness (QED) is 0.593. The fraction of sp³-hybridized carbons (Fsp3) is 0.182. The molecule has 1 aromatic heterocycles. The standard InChI is InChI=1S/C22H22ClN3O2/c1-15-6-9-21(28-2)20(12-15)26-22(27)19-8-7-18(14-25-19)24-11-10-16-4-3-5-17(23)13-16/h3-9,12-14,24H,10-11H2,1-2H3,(H,26,27). The van der Waals surface area contributed by atoms with Crippen LogP contribution in [0.4, 0.5) is 11.4 Å². The van der Waals surface area contributed by atoms with Gasteiger partial charge in [-0.15, -0.1) is 0 Å². The molecule has 0 saturated carbocycles. The highest BCUT2D eigenvalue weighted by atomic mass is 35.5. The van der Waals surface area contributed by atoms with Gasteiger partial charge in [-0.3, -0.25) is 4.79 Å². The molecule has 0 unspecified atom stereocenters. The van der Waals surface area contributed by atoms with Gasteiger partial charge in [0.15, 0.2) is 0 Å². The number of nitrogens with one attached hydrogen (secondary N) is 2. The molecule has 144 valence electrons. The van der Waals surface area contributed by atoms with Crippen molar-refractivity contribution in [2.24, 2.45) is 0 Å². The number of pyridine rings is 1. The van der Waals surface area contributed by atoms with Gasteiger partial charge in [0.2, 0.25) is 0 Å². The van der Waals surface area contributed by atoms with Crippen molar-refractivity contribution < 1.29 is 9.53 Å². The van der Waals surface area contributed by atoms with Crippen LogP contribution in [-0.4, -0.2) is 24.5 Å². The Kier molecular flexibility index (Phi) is 6.50. The third kappa shape index (κ3) is 5.24. The number of aryl methyl sites for hydroxylation is 1. The Hall–Kier alpha value is -3.05. The zero-order valence-electron chi connectivity index (χ0n) is 15.8. The molecule has 0 fully saturated rings. The number of methoxy groups -OCH3 is 1. The zero-order chi connectivity index (χ0) is 19.9. The molecule has 28 heavy (non-hydrogen) atoms. The first kappa shape index (κ1) is 19.7. The van der Waals surface area contributed by atoms with Gasteiger partial charge in [0.05, 0.1) is 24.7 Å². The Morgan fingerprint density at radius 2 is 2.00 bits per heavy atom. The Bertz CT molecular complexity index is 958. The van der Waals surface area contributed by atoms with Gasteiger partial charge in [0.1, 0.15) is 11.4 Å². The first-order valence-corrected chi connectivity index (χ1v) is 9.33. The Labute approximate surface area is 169 Å². The van der Waals surface area contributed by atoms with E-state index in [0.29, 0.717) is 17.1 Å². The molecule has 0 aliphatic rings. The Morgan fingerprint density at radius 3 is 2.71 bits per heavy atom. The minimum absolute atomic E-state index is 0.283. The summed E-state index contributed by atoms with van der Waals surface area (Å²) in [6.07, 6.45) is 2.50. The molecule has 0 radical (unpaired) electrons. The molecule has 0 aliphatic carbocycles. The molecule has 3 rings (SSSR count). The molecule has 0 aliphatic heterocycles. The summed E-state index contributed by atoms with van der Waals surface area (Å²) in [7, 11) is 1.57. The predicted molar refractivity (Wildman–Crippen MR) is 114 cm³/mol. The van der Waals surface area contributed by atoms with Gasteiger partial charge in [0, 0.05) is 11.6 Å². The monoisotopic (exact) mass is 395 g/mol. The van der Waals surface area contributed by atoms with Crippen LogP contribution in [0.3, 0.4) is 0 Å². The maximum Gasteiger partial charge on any atom is 0.274 e. The molecular formula is C22H22ClN3O2. The number of amides is 1. The summed E-state index contributed by atoms with van der Waals surface area (Å²) in [5, 5.41) is 6.88. The number of aromatic nitrogens is 1. The highest BCUT2D eigenvalue weighted by Gasteiger charge is 2.11. The fourth-order valence-corrected chi connectivity index (χ4v) is 3.00. The van der Waals surface area contributed by atoms with Crippen molar-refractivity contribution in [3.05, 3.63) is 82.6 Å². The van der Waals surface area contributed by atoms with Crippen molar-refractivity contribution >= 4 is 28.9 Å². The summed E-state index contributed by atoms with van der Waals surface area (Å²) in [5.74, 6) is 0.327. The molecule has 1 amide bonds. The summed E-state index contributed by atoms with van der Waals surface area (Å²) >= 11 is 6.00. The second-order valence-electron chi connectivity index (χ2n) is 6.40. The van der Waals surface area contributed by atoms with Crippen LogP contribution in [0.5, 0.6) is 5.75 Å². The number of carbonyl (C=O) groups is 1. The number of carbonyl (C=O) groups excluding carboxylic acids is 1. The van der Waals surface area contributed by atoms with E-state index in [1.807, 2.05) is 55.5 Å². The van der Waals surface area contributed by atoms with Crippen LogP contribution in [0.15, 0.2) is 60.8 Å². The molecule has 0 saturated heterocycles. The Balaban J connectivity index is 1.58. The topological polar surface area (TPSA) is 63.2 Å². The lowest BCUT2D eigenvalue weighted by atomic mass is 10.1. The van der Waals surface area contributed by atoms with Gasteiger partial charge in [-0.05, 0) is 60.9 Å². The number of rotatable bonds is 7. The smallest absolute Gasteiger partial charge is 0.274 e. The third-order valence-corrected chi connectivity index (χ3v) is 4.47. The van der Waals surface area contributed by atoms with Crippen molar-refractivity contribution in [3.63, 3.8) is 0 Å². The summed E-state index contributed by atoms with van der Waals surface area (Å²) in [5.41, 5.74) is 4.01. The van der Waals surface area contributed by atoms with Gasteiger partial charge in [0.25, 0.3) is 5.91 Å². The zero-order valence-corrected chi connectivity index (χ0v) is 16.6. The molecule has 6 heteroatoms. The number of nitrogens with zero attached hydrogens (tertiary/aromatic N) is 1. The van der Waals surface area contributed by atoms with E-state index >= 15 is 0 Å². The number of hydrogen-bond donors (Lipinski definition) is 2. The second kappa shape index (κ2) is 9.24. The van der Waals surface area contributed by atoms with E-state index in [9.17, 15) is 4.79 Å². The van der Waals surface area contributed by atoms with E-state index < -0.39 is 0 Å². The van der Waals surface area contributed by atoms with Gasteiger partial charge < -0.3 is 15.4 Å². The lowest BCUT2D eigenvalue weighted by molar-refractivity contribution is 0.102. The lowest BCUT2D eigenvalue weighted by Crippen LogP contribution is -2.14. The lowest BCUT2D eigenvalue weighted by Gasteiger charge is -2.11. The number of ether oxygens (including phenoxy) is 1. The van der Waals surface area contributed by atoms with Crippen molar-refractivity contribution in [3.8, 4) is 5.75 Å². The summed E-state index contributed by atoms with van der Waals surface area (Å²) in [6.45, 7) is 2.70. The number of benzene rings is 2. The first-order valence-electron chi connectivity index (χ1n) is 8.95. The van der Waals surface area contributed by atoms with Gasteiger partial charge >= 0.3 is 0 Å². The molecular weight excluding hydrogens is 374 g/mol. The van der Waals surface area contributed by atoms with Crippen LogP contribution < -0.4 is 15.4 Å². The normalized spacial score (nSPS) is 10.4. The van der Waals surface area contributed by atoms with Crippen LogP contribution >= 0.6 is 11.6 Å². The van der Waals surface area contributed by atoms with E-state index in [-0.39, 0.29) is 5.91 Å². The van der Waals surface area contributed by atoms with Crippen molar-refractivity contribution in [2.45, 2.75) is 13.3 Å². The van der Waals surface area contributed by atoms with Crippen LogP contribution in [0.25, 0.3) is 0 Å². The first-order chi connectivity index (χ1) is 13.5. The van der Waals surface area contributed by atoms with Crippen molar-refractivity contribution in [1.29, 1.82) is 0 Å². The van der Waals surface area contributed by atoms with Crippen molar-refractivity contribution in [2.75, 3.05) is 24.3 Å². The summed E-state index contributed by atoms with van der Waals surface area (Å²) in [4.78, 5) is 16.7. The van der Waals surface area contributed by atoms with E-state index in [0.717, 1.165) is 34.8 Å². The minimum atomic E-state index is -0.283. The van der Waals surface area contributed by atoms with Gasteiger partial charge in [-0.2, -0.15) is 0 Å². The Morgan fingerprint density at radius 1 is 1.14 bits per heavy atom. The summed E-state index contributed by atoms with van der Waals surface area (Å²) < 4.78 is 5.29. The average Bonchev–Trinajstić information content (AvgIpc) is 2.69. The number of anilines is 2. The van der Waals surface area contributed by atoms with Crippen molar-refractivity contribution in [1.82, 2.24) is 4.98 Å². The molecule has 0 atom stereocenters. The van der Waals surface area contributed by atoms with E-state index in [2.05, 4.69) is 15.6 Å². The average molecular weight is 396 g/mol. The highest BCUT2D eigenvalue weighted by molar-refractivity contribution is 6.30. The SMILES string of the molecule is COc1ccc(C)cc1NC(=O)c1ccc(NCCc2cccc(Cl)c2)cn1. The largest absolute Gasteiger partial charge is 0.495 e. The number of halogens is 1. The number of hydrogen-bond acceptors (Lipinski definition) is 4. The van der Waals surface area contributed by atoms with E-state index in [4.69, 9.17) is 16.3 Å².